The van der Waals surface area contributed by atoms with Crippen LogP contribution in [0.5, 0.6) is 0 Å². The van der Waals surface area contributed by atoms with E-state index in [0.29, 0.717) is 0 Å². The molecule has 0 amide bonds. The third-order valence-corrected chi connectivity index (χ3v) is 4.65. The Hall–Kier alpha value is -1.42. The fourth-order valence-corrected chi connectivity index (χ4v) is 2.82. The van der Waals surface area contributed by atoms with Crippen LogP contribution in [0.3, 0.4) is 0 Å². The number of hydrogen-bond donors (Lipinski definition) is 1. The number of benzene rings is 2. The molecule has 2 aromatic rings. The molecule has 3 nitrogen and oxygen atoms in total. The lowest BCUT2D eigenvalue weighted by molar-refractivity contribution is -0.923. The van der Waals surface area contributed by atoms with Crippen molar-refractivity contribution in [2.24, 2.45) is 5.73 Å². The molecule has 2 rings (SSSR count). The number of hydrogen-bond acceptors (Lipinski definition) is 2. The number of nitrogens with zero attached hydrogens (tertiary/aromatic N) is 1. The molecule has 0 saturated carbocycles. The highest BCUT2D eigenvalue weighted by molar-refractivity contribution is 5.81. The Morgan fingerprint density at radius 2 is 1.17 bits per heavy atom. The molecular formula is C21H37N2O+. The van der Waals surface area contributed by atoms with Gasteiger partial charge in [-0.2, -0.15) is 0 Å². The van der Waals surface area contributed by atoms with E-state index in [1.54, 1.807) is 7.11 Å². The van der Waals surface area contributed by atoms with Crippen LogP contribution < -0.4 is 5.73 Å². The Morgan fingerprint density at radius 1 is 0.792 bits per heavy atom. The summed E-state index contributed by atoms with van der Waals surface area (Å²) in [7, 11) is 3.28. The number of methoxy groups -OCH3 is 1. The Bertz CT molecular complexity index is 450. The van der Waals surface area contributed by atoms with Crippen LogP contribution in [0.4, 0.5) is 0 Å². The molecule has 0 aromatic heterocycles. The summed E-state index contributed by atoms with van der Waals surface area (Å²) in [5.41, 5.74) is 4.50. The minimum Gasteiger partial charge on any atom is -0.384 e. The Morgan fingerprint density at radius 3 is 1.46 bits per heavy atom. The summed E-state index contributed by atoms with van der Waals surface area (Å²) in [4.78, 5) is 0. The molecule has 3 heteroatoms. The van der Waals surface area contributed by atoms with Gasteiger partial charge in [-0.3, -0.25) is 0 Å². The van der Waals surface area contributed by atoms with Gasteiger partial charge in [0.1, 0.15) is 0 Å². The summed E-state index contributed by atoms with van der Waals surface area (Å²) in [6, 6.07) is 16.7. The van der Waals surface area contributed by atoms with Crippen LogP contribution in [0.15, 0.2) is 48.5 Å². The Balaban J connectivity index is 0.000000402. The van der Waals surface area contributed by atoms with Gasteiger partial charge in [-0.05, 0) is 38.6 Å². The zero-order valence-electron chi connectivity index (χ0n) is 16.3. The van der Waals surface area contributed by atoms with Crippen molar-refractivity contribution in [2.45, 2.75) is 27.2 Å². The van der Waals surface area contributed by atoms with Gasteiger partial charge >= 0.3 is 0 Å². The van der Waals surface area contributed by atoms with Gasteiger partial charge in [-0.25, -0.2) is 0 Å². The first kappa shape index (κ1) is 22.6. The first-order valence-corrected chi connectivity index (χ1v) is 9.07. The molecule has 0 aliphatic carbocycles. The van der Waals surface area contributed by atoms with Gasteiger partial charge in [0.15, 0.2) is 0 Å². The summed E-state index contributed by atoms with van der Waals surface area (Å²) < 4.78 is 6.30. The molecule has 2 N–H and O–H groups in total. The van der Waals surface area contributed by atoms with Gasteiger partial charge in [-0.15, -0.1) is 0 Å². The van der Waals surface area contributed by atoms with Gasteiger partial charge < -0.3 is 15.0 Å². The van der Waals surface area contributed by atoms with Gasteiger partial charge in [0.2, 0.25) is 0 Å². The molecule has 0 aliphatic rings. The Labute approximate surface area is 149 Å². The largest absolute Gasteiger partial charge is 0.384 e. The van der Waals surface area contributed by atoms with E-state index in [0.717, 1.165) is 6.61 Å². The second-order valence-corrected chi connectivity index (χ2v) is 5.71. The van der Waals surface area contributed by atoms with Crippen molar-refractivity contribution >= 4 is 10.8 Å². The summed E-state index contributed by atoms with van der Waals surface area (Å²) in [5.74, 6) is 0. The highest BCUT2D eigenvalue weighted by atomic mass is 16.5. The minimum atomic E-state index is 0.903. The predicted octanol–water partition coefficient (Wildman–Crippen LogP) is 4.31. The molecule has 0 radical (unpaired) electrons. The van der Waals surface area contributed by atoms with Gasteiger partial charge in [-0.1, -0.05) is 48.5 Å². The van der Waals surface area contributed by atoms with Crippen LogP contribution in [0.25, 0.3) is 10.8 Å². The third-order valence-electron chi connectivity index (χ3n) is 4.65. The first-order valence-electron chi connectivity index (χ1n) is 9.07. The fourth-order valence-electron chi connectivity index (χ4n) is 2.82. The zero-order valence-corrected chi connectivity index (χ0v) is 16.3. The number of fused-ring (bicyclic) bond motifs is 1. The summed E-state index contributed by atoms with van der Waals surface area (Å²) in [6.07, 6.45) is 1.19. The lowest BCUT2D eigenvalue weighted by Gasteiger charge is -2.35. The van der Waals surface area contributed by atoms with Gasteiger partial charge in [0.25, 0.3) is 0 Å². The van der Waals surface area contributed by atoms with Crippen molar-refractivity contribution in [3.05, 3.63) is 48.5 Å². The van der Waals surface area contributed by atoms with E-state index in [9.17, 15) is 0 Å². The lowest BCUT2D eigenvalue weighted by atomic mass is 10.1. The fraction of sp³-hybridized carbons (Fsp3) is 0.524. The SMILES string of the molecule is CC[N+](CC)(CC)CCCOC.CN.c1ccc2ccccc2c1. The molecule has 0 bridgehead atoms. The highest BCUT2D eigenvalue weighted by Gasteiger charge is 2.19. The highest BCUT2D eigenvalue weighted by Crippen LogP contribution is 2.11. The molecule has 0 unspecified atom stereocenters. The van der Waals surface area contributed by atoms with Gasteiger partial charge in [0, 0.05) is 13.5 Å². The molecule has 0 saturated heterocycles. The first-order chi connectivity index (χ1) is 11.7. The lowest BCUT2D eigenvalue weighted by Crippen LogP contribution is -2.48. The minimum absolute atomic E-state index is 0.903. The number of nitrogens with two attached hydrogens (primary N) is 1. The summed E-state index contributed by atoms with van der Waals surface area (Å²) >= 11 is 0. The van der Waals surface area contributed by atoms with Crippen molar-refractivity contribution in [1.82, 2.24) is 0 Å². The molecule has 0 aliphatic heterocycles. The third kappa shape index (κ3) is 7.91. The van der Waals surface area contributed by atoms with E-state index < -0.39 is 0 Å². The van der Waals surface area contributed by atoms with E-state index in [1.165, 1.54) is 54.9 Å². The maximum atomic E-state index is 5.06. The molecule has 2 aromatic carbocycles. The van der Waals surface area contributed by atoms with Crippen LogP contribution in [-0.4, -0.2) is 51.4 Å². The molecule has 0 atom stereocenters. The normalized spacial score (nSPS) is 10.4. The summed E-state index contributed by atoms with van der Waals surface area (Å²) in [6.45, 7) is 12.7. The summed E-state index contributed by atoms with van der Waals surface area (Å²) in [5, 5.41) is 2.62. The van der Waals surface area contributed by atoms with Crippen LogP contribution in [0.1, 0.15) is 27.2 Å². The second kappa shape index (κ2) is 14.0. The average Bonchev–Trinajstić information content (AvgIpc) is 2.68. The maximum absolute atomic E-state index is 5.06. The van der Waals surface area contributed by atoms with E-state index >= 15 is 0 Å². The van der Waals surface area contributed by atoms with Crippen molar-refractivity contribution < 1.29 is 9.22 Å². The average molecular weight is 334 g/mol. The Kier molecular flexibility index (Phi) is 13.1. The molecule has 136 valence electrons. The van der Waals surface area contributed by atoms with Crippen LogP contribution >= 0.6 is 0 Å². The topological polar surface area (TPSA) is 35.2 Å². The molecule has 0 fully saturated rings. The van der Waals surface area contributed by atoms with E-state index in [4.69, 9.17) is 4.74 Å². The van der Waals surface area contributed by atoms with E-state index in [-0.39, 0.29) is 0 Å². The van der Waals surface area contributed by atoms with Crippen LogP contribution in [0.2, 0.25) is 0 Å². The molecule has 0 heterocycles. The standard InChI is InChI=1S/C10H24NO.C10H8.CH5N/c1-5-11(6-2,7-3)9-8-10-12-4;1-2-6-10-8-4-3-7-9(10)5-1;1-2/h5-10H2,1-4H3;1-8H;2H2,1H3/q+1;;. The monoisotopic (exact) mass is 333 g/mol. The quantitative estimate of drug-likeness (QED) is 0.605. The number of rotatable bonds is 7. The van der Waals surface area contributed by atoms with E-state index in [2.05, 4.69) is 75.0 Å². The molecular weight excluding hydrogens is 296 g/mol. The molecule has 24 heavy (non-hydrogen) atoms. The predicted molar refractivity (Wildman–Crippen MR) is 107 cm³/mol. The van der Waals surface area contributed by atoms with Crippen molar-refractivity contribution in [3.63, 3.8) is 0 Å². The van der Waals surface area contributed by atoms with Crippen molar-refractivity contribution in [3.8, 4) is 0 Å². The maximum Gasteiger partial charge on any atom is 0.0808 e. The van der Waals surface area contributed by atoms with Crippen molar-refractivity contribution in [2.75, 3.05) is 46.9 Å². The molecule has 0 spiro atoms. The number of ether oxygens (including phenoxy) is 1. The van der Waals surface area contributed by atoms with Crippen LogP contribution in [-0.2, 0) is 4.74 Å². The van der Waals surface area contributed by atoms with Crippen molar-refractivity contribution in [1.29, 1.82) is 0 Å². The van der Waals surface area contributed by atoms with Crippen LogP contribution in [0, 0.1) is 0 Å². The van der Waals surface area contributed by atoms with E-state index in [1.807, 2.05) is 0 Å². The number of quaternary nitrogens is 1. The second-order valence-electron chi connectivity index (χ2n) is 5.71. The van der Waals surface area contributed by atoms with Gasteiger partial charge in [0.05, 0.1) is 32.8 Å². The smallest absolute Gasteiger partial charge is 0.0808 e. The zero-order chi connectivity index (χ0) is 18.3.